The van der Waals surface area contributed by atoms with Crippen LogP contribution in [0, 0.1) is 0 Å². The van der Waals surface area contributed by atoms with Gasteiger partial charge >= 0.3 is 47.3 Å². The molecule has 1 heterocycles. The SMILES string of the molecule is C1=C[CH]=[Sb][CH]=C1. The van der Waals surface area contributed by atoms with Gasteiger partial charge in [0, 0.05) is 0 Å². The Kier molecular flexibility index (Phi) is 1.70. The summed E-state index contributed by atoms with van der Waals surface area (Å²) < 4.78 is 4.55. The Labute approximate surface area is 47.6 Å². The molecule has 0 aliphatic carbocycles. The molecule has 0 saturated carbocycles. The van der Waals surface area contributed by atoms with Crippen molar-refractivity contribution in [3.8, 4) is 0 Å². The van der Waals surface area contributed by atoms with Gasteiger partial charge in [0.2, 0.25) is 0 Å². The van der Waals surface area contributed by atoms with Gasteiger partial charge in [-0.15, -0.1) is 0 Å². The van der Waals surface area contributed by atoms with Gasteiger partial charge < -0.3 is 0 Å². The van der Waals surface area contributed by atoms with Crippen molar-refractivity contribution in [2.75, 3.05) is 0 Å². The molecule has 30 valence electrons. The monoisotopic (exact) mass is 186 g/mol. The Morgan fingerprint density at radius 2 is 2.00 bits per heavy atom. The molecule has 0 radical (unpaired) electrons. The Morgan fingerprint density at radius 1 is 1.00 bits per heavy atom. The molecular formula is C5H5Sb. The zero-order valence-corrected chi connectivity index (χ0v) is 5.89. The minimum absolute atomic E-state index is 0.0368. The van der Waals surface area contributed by atoms with Gasteiger partial charge in [0.05, 0.1) is 0 Å². The average Bonchev–Trinajstić information content (AvgIpc) is 1.72. The molecule has 0 amide bonds. The first-order chi connectivity index (χ1) is 3.00. The molecule has 0 bridgehead atoms. The molecule has 0 saturated heterocycles. The predicted molar refractivity (Wildman–Crippen MR) is 30.1 cm³/mol. The Bertz CT molecular complexity index is 73.3. The van der Waals surface area contributed by atoms with E-state index < -0.39 is 0 Å². The van der Waals surface area contributed by atoms with Gasteiger partial charge in [-0.05, 0) is 0 Å². The van der Waals surface area contributed by atoms with Crippen molar-refractivity contribution in [3.63, 3.8) is 0 Å². The van der Waals surface area contributed by atoms with Crippen LogP contribution in [-0.2, 0) is 0 Å². The second-order valence-electron chi connectivity index (χ2n) is 1.02. The molecule has 0 unspecified atom stereocenters. The van der Waals surface area contributed by atoms with Gasteiger partial charge in [0.25, 0.3) is 0 Å². The van der Waals surface area contributed by atoms with Crippen molar-refractivity contribution in [2.45, 2.75) is 0 Å². The van der Waals surface area contributed by atoms with E-state index in [2.05, 4.69) is 26.2 Å². The van der Waals surface area contributed by atoms with Gasteiger partial charge in [0.1, 0.15) is 0 Å². The van der Waals surface area contributed by atoms with Crippen molar-refractivity contribution in [2.24, 2.45) is 0 Å². The van der Waals surface area contributed by atoms with Gasteiger partial charge in [-0.25, -0.2) is 0 Å². The van der Waals surface area contributed by atoms with Crippen molar-refractivity contribution < 1.29 is 0 Å². The van der Waals surface area contributed by atoms with Crippen LogP contribution in [0.5, 0.6) is 0 Å². The van der Waals surface area contributed by atoms with Gasteiger partial charge in [0.15, 0.2) is 0 Å². The van der Waals surface area contributed by atoms with E-state index >= 15 is 0 Å². The molecular weight excluding hydrogens is 182 g/mol. The summed E-state index contributed by atoms with van der Waals surface area (Å²) >= 11 is 0.0368. The van der Waals surface area contributed by atoms with Crippen molar-refractivity contribution in [3.05, 3.63) is 22.3 Å². The summed E-state index contributed by atoms with van der Waals surface area (Å²) in [6.45, 7) is 0. The summed E-state index contributed by atoms with van der Waals surface area (Å²) in [7, 11) is 0. The fourth-order valence-electron chi connectivity index (χ4n) is 0.313. The number of hydrogen-bond acceptors (Lipinski definition) is 0. The summed E-state index contributed by atoms with van der Waals surface area (Å²) in [6.07, 6.45) is 6.31. The van der Waals surface area contributed by atoms with Gasteiger partial charge in [-0.1, -0.05) is 0 Å². The Hall–Kier alpha value is 0.168. The third-order valence-corrected chi connectivity index (χ3v) is 2.53. The first-order valence-corrected chi connectivity index (χ1v) is 4.80. The van der Waals surface area contributed by atoms with Crippen LogP contribution in [0.3, 0.4) is 0 Å². The molecule has 0 nitrogen and oxygen atoms in total. The standard InChI is InChI=1S/C5H5.Sb/c1-3-5-4-2;/h1-5H;. The van der Waals surface area contributed by atoms with E-state index in [1.165, 1.54) is 0 Å². The molecule has 0 N–H and O–H groups in total. The van der Waals surface area contributed by atoms with Crippen molar-refractivity contribution in [1.82, 2.24) is 0 Å². The maximum absolute atomic E-state index is 2.28. The van der Waals surface area contributed by atoms with Crippen LogP contribution in [0.2, 0.25) is 0 Å². The van der Waals surface area contributed by atoms with E-state index in [1.54, 1.807) is 0 Å². The van der Waals surface area contributed by atoms with Crippen molar-refractivity contribution in [1.29, 1.82) is 0 Å². The van der Waals surface area contributed by atoms with E-state index in [9.17, 15) is 0 Å². The molecule has 0 aromatic carbocycles. The van der Waals surface area contributed by atoms with E-state index in [1.807, 2.05) is 0 Å². The molecule has 1 heteroatoms. The molecule has 1 aliphatic rings. The molecule has 0 atom stereocenters. The van der Waals surface area contributed by atoms with E-state index in [4.69, 9.17) is 0 Å². The molecule has 6 heavy (non-hydrogen) atoms. The summed E-state index contributed by atoms with van der Waals surface area (Å²) in [5.41, 5.74) is 0. The van der Waals surface area contributed by atoms with E-state index in [0.29, 0.717) is 0 Å². The average molecular weight is 187 g/mol. The second kappa shape index (κ2) is 2.36. The quantitative estimate of drug-likeness (QED) is 0.486. The summed E-state index contributed by atoms with van der Waals surface area (Å²) in [6, 6.07) is 0. The maximum atomic E-state index is 2.28. The van der Waals surface area contributed by atoms with Gasteiger partial charge in [-0.2, -0.15) is 0 Å². The van der Waals surface area contributed by atoms with Crippen LogP contribution in [0.1, 0.15) is 0 Å². The zero-order chi connectivity index (χ0) is 4.24. The van der Waals surface area contributed by atoms with Crippen LogP contribution < -0.4 is 0 Å². The zero-order valence-electron chi connectivity index (χ0n) is 3.33. The van der Waals surface area contributed by atoms with Gasteiger partial charge in [-0.3, -0.25) is 0 Å². The summed E-state index contributed by atoms with van der Waals surface area (Å²) in [4.78, 5) is 0. The fraction of sp³-hybridized carbons (Fsp3) is 0. The fourth-order valence-corrected chi connectivity index (χ4v) is 1.73. The summed E-state index contributed by atoms with van der Waals surface area (Å²) in [5, 5.41) is 0. The molecule has 0 aromatic rings. The molecule has 1 aliphatic heterocycles. The molecule has 0 spiro atoms. The predicted octanol–water partition coefficient (Wildman–Crippen LogP) is 0.576. The van der Waals surface area contributed by atoms with Crippen LogP contribution in [0.15, 0.2) is 22.3 Å². The Balaban J connectivity index is 2.77. The number of allylic oxidation sites excluding steroid dienone is 3. The van der Waals surface area contributed by atoms with Crippen LogP contribution in [-0.4, -0.2) is 25.1 Å². The molecule has 1 rings (SSSR count). The first kappa shape index (κ1) is 4.33. The second-order valence-corrected chi connectivity index (χ2v) is 3.58. The number of hydrogen-bond donors (Lipinski definition) is 0. The third kappa shape index (κ3) is 1.10. The topological polar surface area (TPSA) is 0 Å². The van der Waals surface area contributed by atoms with E-state index in [0.717, 1.165) is 0 Å². The number of rotatable bonds is 0. The van der Waals surface area contributed by atoms with Crippen molar-refractivity contribution >= 4 is 25.1 Å². The van der Waals surface area contributed by atoms with E-state index in [-0.39, 0.29) is 21.1 Å². The minimum atomic E-state index is 0.0368. The first-order valence-electron chi connectivity index (χ1n) is 1.85. The van der Waals surface area contributed by atoms with Crippen LogP contribution in [0.25, 0.3) is 0 Å². The third-order valence-electron chi connectivity index (χ3n) is 0.566. The summed E-state index contributed by atoms with van der Waals surface area (Å²) in [5.74, 6) is 0. The molecule has 0 fully saturated rings. The normalized spacial score (nSPS) is 16.0. The van der Waals surface area contributed by atoms with Crippen LogP contribution >= 0.6 is 0 Å². The Morgan fingerprint density at radius 3 is 2.17 bits per heavy atom. The van der Waals surface area contributed by atoms with Crippen LogP contribution in [0.4, 0.5) is 0 Å². The molecule has 0 aromatic heterocycles.